The quantitative estimate of drug-likeness (QED) is 0.743. The van der Waals surface area contributed by atoms with Gasteiger partial charge in [0.05, 0.1) is 4.90 Å². The highest BCUT2D eigenvalue weighted by atomic mass is 32.2. The van der Waals surface area contributed by atoms with E-state index in [0.29, 0.717) is 6.04 Å². The van der Waals surface area contributed by atoms with Gasteiger partial charge in [0.15, 0.2) is 0 Å². The molecule has 1 aliphatic rings. The molecule has 0 saturated carbocycles. The van der Waals surface area contributed by atoms with Crippen LogP contribution in [0.2, 0.25) is 0 Å². The third-order valence-corrected chi connectivity index (χ3v) is 4.60. The molecule has 1 aromatic rings. The number of hydrogen-bond acceptors (Lipinski definition) is 4. The van der Waals surface area contributed by atoms with Crippen LogP contribution in [0.4, 0.5) is 0 Å². The maximum absolute atomic E-state index is 11.2. The Morgan fingerprint density at radius 1 is 1.20 bits per heavy atom. The molecule has 5 nitrogen and oxygen atoms in total. The zero-order valence-electron chi connectivity index (χ0n) is 11.6. The molecule has 20 heavy (non-hydrogen) atoms. The van der Waals surface area contributed by atoms with Gasteiger partial charge in [-0.15, -0.1) is 0 Å². The number of sulfonamides is 1. The van der Waals surface area contributed by atoms with E-state index >= 15 is 0 Å². The molecule has 6 heteroatoms. The number of primary sulfonamides is 1. The van der Waals surface area contributed by atoms with Gasteiger partial charge in [-0.3, -0.25) is 0 Å². The van der Waals surface area contributed by atoms with Gasteiger partial charge >= 0.3 is 0 Å². The van der Waals surface area contributed by atoms with E-state index in [1.54, 1.807) is 12.1 Å². The molecule has 2 rings (SSSR count). The van der Waals surface area contributed by atoms with Crippen LogP contribution in [-0.2, 0) is 16.4 Å². The summed E-state index contributed by atoms with van der Waals surface area (Å²) >= 11 is 0. The van der Waals surface area contributed by atoms with E-state index < -0.39 is 10.0 Å². The fourth-order valence-electron chi connectivity index (χ4n) is 2.49. The van der Waals surface area contributed by atoms with Gasteiger partial charge in [0, 0.05) is 6.04 Å². The van der Waals surface area contributed by atoms with Gasteiger partial charge in [-0.1, -0.05) is 12.1 Å². The van der Waals surface area contributed by atoms with Crippen LogP contribution in [-0.4, -0.2) is 34.1 Å². The predicted octanol–water partition coefficient (Wildman–Crippen LogP) is 0.608. The van der Waals surface area contributed by atoms with Gasteiger partial charge in [0.2, 0.25) is 10.0 Å². The Kier molecular flexibility index (Phi) is 5.54. The van der Waals surface area contributed by atoms with Crippen molar-refractivity contribution in [2.24, 2.45) is 5.14 Å². The molecule has 4 N–H and O–H groups in total. The van der Waals surface area contributed by atoms with E-state index in [-0.39, 0.29) is 4.90 Å². The summed E-state index contributed by atoms with van der Waals surface area (Å²) in [6.07, 6.45) is 4.51. The van der Waals surface area contributed by atoms with Crippen molar-refractivity contribution in [3.05, 3.63) is 29.8 Å². The molecule has 0 aliphatic carbocycles. The SMILES string of the molecule is NS(=O)(=O)c1ccc(CCNC2CCCNCC2)cc1. The van der Waals surface area contributed by atoms with Gasteiger partial charge in [-0.2, -0.15) is 0 Å². The van der Waals surface area contributed by atoms with Crippen molar-refractivity contribution in [1.29, 1.82) is 0 Å². The average molecular weight is 297 g/mol. The molecular weight excluding hydrogens is 274 g/mol. The molecule has 1 heterocycles. The van der Waals surface area contributed by atoms with Crippen molar-refractivity contribution in [1.82, 2.24) is 10.6 Å². The lowest BCUT2D eigenvalue weighted by Crippen LogP contribution is -2.31. The standard InChI is InChI=1S/C14H23N3O2S/c15-20(18,19)14-5-3-12(4-6-14)7-11-17-13-2-1-9-16-10-8-13/h3-6,13,16-17H,1-2,7-11H2,(H2,15,18,19). The molecule has 1 atom stereocenters. The van der Waals surface area contributed by atoms with Crippen LogP contribution in [0.5, 0.6) is 0 Å². The Morgan fingerprint density at radius 2 is 1.95 bits per heavy atom. The predicted molar refractivity (Wildman–Crippen MR) is 80.0 cm³/mol. The minimum atomic E-state index is -3.58. The lowest BCUT2D eigenvalue weighted by molar-refractivity contribution is 0.472. The summed E-state index contributed by atoms with van der Waals surface area (Å²) in [5.41, 5.74) is 1.12. The Labute approximate surface area is 121 Å². The summed E-state index contributed by atoms with van der Waals surface area (Å²) < 4.78 is 22.3. The van der Waals surface area contributed by atoms with Crippen LogP contribution in [0.1, 0.15) is 24.8 Å². The second kappa shape index (κ2) is 7.17. The molecule has 1 aliphatic heterocycles. The molecule has 0 amide bonds. The second-order valence-electron chi connectivity index (χ2n) is 5.27. The van der Waals surface area contributed by atoms with E-state index in [2.05, 4.69) is 10.6 Å². The van der Waals surface area contributed by atoms with Gasteiger partial charge < -0.3 is 10.6 Å². The lowest BCUT2D eigenvalue weighted by atomic mass is 10.1. The molecule has 0 radical (unpaired) electrons. The van der Waals surface area contributed by atoms with Gasteiger partial charge in [-0.25, -0.2) is 13.6 Å². The minimum absolute atomic E-state index is 0.170. The lowest BCUT2D eigenvalue weighted by Gasteiger charge is -2.15. The molecular formula is C14H23N3O2S. The first-order valence-corrected chi connectivity index (χ1v) is 8.66. The van der Waals surface area contributed by atoms with Gasteiger partial charge in [0.1, 0.15) is 0 Å². The molecule has 0 aromatic heterocycles. The molecule has 1 unspecified atom stereocenters. The second-order valence-corrected chi connectivity index (χ2v) is 6.83. The first-order valence-electron chi connectivity index (χ1n) is 7.11. The normalized spacial score (nSPS) is 20.6. The number of nitrogens with two attached hydrogens (primary N) is 1. The maximum Gasteiger partial charge on any atom is 0.238 e. The maximum atomic E-state index is 11.2. The van der Waals surface area contributed by atoms with Crippen LogP contribution in [0.15, 0.2) is 29.2 Å². The topological polar surface area (TPSA) is 84.2 Å². The number of benzene rings is 1. The van der Waals surface area contributed by atoms with Crippen molar-refractivity contribution in [2.45, 2.75) is 36.6 Å². The van der Waals surface area contributed by atoms with Crippen LogP contribution < -0.4 is 15.8 Å². The average Bonchev–Trinajstić information content (AvgIpc) is 2.67. The summed E-state index contributed by atoms with van der Waals surface area (Å²) in [5.74, 6) is 0. The first-order chi connectivity index (χ1) is 9.55. The number of hydrogen-bond donors (Lipinski definition) is 3. The summed E-state index contributed by atoms with van der Waals surface area (Å²) in [6.45, 7) is 3.12. The first kappa shape index (κ1) is 15.4. The van der Waals surface area contributed by atoms with Crippen LogP contribution in [0, 0.1) is 0 Å². The molecule has 1 fully saturated rings. The number of rotatable bonds is 5. The van der Waals surface area contributed by atoms with E-state index in [1.165, 1.54) is 19.3 Å². The minimum Gasteiger partial charge on any atom is -0.317 e. The highest BCUT2D eigenvalue weighted by Crippen LogP contribution is 2.09. The Bertz CT molecular complexity index is 506. The molecule has 0 bridgehead atoms. The summed E-state index contributed by atoms with van der Waals surface area (Å²) in [6, 6.07) is 7.39. The summed E-state index contributed by atoms with van der Waals surface area (Å²) in [5, 5.41) is 12.0. The molecule has 0 spiro atoms. The molecule has 1 saturated heterocycles. The Morgan fingerprint density at radius 3 is 2.65 bits per heavy atom. The molecule has 112 valence electrons. The third kappa shape index (κ3) is 4.86. The summed E-state index contributed by atoms with van der Waals surface area (Å²) in [4.78, 5) is 0.170. The highest BCUT2D eigenvalue weighted by Gasteiger charge is 2.11. The number of nitrogens with one attached hydrogen (secondary N) is 2. The van der Waals surface area contributed by atoms with Crippen molar-refractivity contribution in [3.8, 4) is 0 Å². The van der Waals surface area contributed by atoms with Crippen LogP contribution in [0.25, 0.3) is 0 Å². The largest absolute Gasteiger partial charge is 0.317 e. The van der Waals surface area contributed by atoms with Crippen LogP contribution >= 0.6 is 0 Å². The van der Waals surface area contributed by atoms with Crippen molar-refractivity contribution in [2.75, 3.05) is 19.6 Å². The fourth-order valence-corrected chi connectivity index (χ4v) is 3.01. The zero-order chi connectivity index (χ0) is 14.4. The third-order valence-electron chi connectivity index (χ3n) is 3.67. The molecule has 1 aromatic carbocycles. The zero-order valence-corrected chi connectivity index (χ0v) is 12.5. The van der Waals surface area contributed by atoms with Gasteiger partial charge in [-0.05, 0) is 63.0 Å². The summed E-state index contributed by atoms with van der Waals surface area (Å²) in [7, 11) is -3.58. The van der Waals surface area contributed by atoms with Crippen molar-refractivity contribution < 1.29 is 8.42 Å². The van der Waals surface area contributed by atoms with E-state index in [9.17, 15) is 8.42 Å². The Balaban J connectivity index is 1.79. The van der Waals surface area contributed by atoms with Crippen molar-refractivity contribution >= 4 is 10.0 Å². The monoisotopic (exact) mass is 297 g/mol. The Hall–Kier alpha value is -0.950. The fraction of sp³-hybridized carbons (Fsp3) is 0.571. The van der Waals surface area contributed by atoms with Gasteiger partial charge in [0.25, 0.3) is 0 Å². The smallest absolute Gasteiger partial charge is 0.238 e. The van der Waals surface area contributed by atoms with Crippen molar-refractivity contribution in [3.63, 3.8) is 0 Å². The van der Waals surface area contributed by atoms with E-state index in [0.717, 1.165) is 31.6 Å². The van der Waals surface area contributed by atoms with E-state index in [1.807, 2.05) is 12.1 Å². The highest BCUT2D eigenvalue weighted by molar-refractivity contribution is 7.89. The van der Waals surface area contributed by atoms with Crippen LogP contribution in [0.3, 0.4) is 0 Å². The van der Waals surface area contributed by atoms with E-state index in [4.69, 9.17) is 5.14 Å².